The summed E-state index contributed by atoms with van der Waals surface area (Å²) in [6, 6.07) is 9.62. The van der Waals surface area contributed by atoms with Gasteiger partial charge in [0.15, 0.2) is 0 Å². The van der Waals surface area contributed by atoms with Crippen molar-refractivity contribution in [3.63, 3.8) is 0 Å². The first-order valence-corrected chi connectivity index (χ1v) is 8.17. The number of carbonyl (C=O) groups is 1. The first kappa shape index (κ1) is 15.4. The first-order valence-electron chi connectivity index (χ1n) is 8.17. The third kappa shape index (κ3) is 2.76. The van der Waals surface area contributed by atoms with Gasteiger partial charge in [0, 0.05) is 25.0 Å². The van der Waals surface area contributed by atoms with Crippen LogP contribution < -0.4 is 5.32 Å². The summed E-state index contributed by atoms with van der Waals surface area (Å²) in [6.07, 6.45) is 3.90. The number of imidazole rings is 2. The number of carbonyl (C=O) groups excluding carboxylic acids is 1. The van der Waals surface area contributed by atoms with Crippen molar-refractivity contribution in [1.29, 1.82) is 0 Å². The number of pyridine rings is 1. The average molecular weight is 333 g/mol. The number of amides is 1. The van der Waals surface area contributed by atoms with Gasteiger partial charge >= 0.3 is 0 Å². The molecule has 0 aliphatic heterocycles. The fourth-order valence-corrected chi connectivity index (χ4v) is 2.96. The van der Waals surface area contributed by atoms with E-state index < -0.39 is 0 Å². The highest BCUT2D eigenvalue weighted by molar-refractivity contribution is 5.97. The van der Waals surface area contributed by atoms with Gasteiger partial charge < -0.3 is 14.3 Å². The molecule has 3 heterocycles. The van der Waals surface area contributed by atoms with Gasteiger partial charge in [0.1, 0.15) is 11.5 Å². The maximum absolute atomic E-state index is 12.4. The number of fused-ring (bicyclic) bond motifs is 2. The monoisotopic (exact) mass is 333 g/mol. The summed E-state index contributed by atoms with van der Waals surface area (Å²) in [6.45, 7) is 4.37. The number of rotatable bonds is 3. The van der Waals surface area contributed by atoms with Crippen molar-refractivity contribution in [3.8, 4) is 0 Å². The Labute approximate surface area is 145 Å². The number of benzene rings is 1. The molecule has 4 rings (SSSR count). The molecule has 0 atom stereocenters. The Morgan fingerprint density at radius 1 is 1.16 bits per heavy atom. The zero-order valence-corrected chi connectivity index (χ0v) is 14.4. The molecule has 0 spiro atoms. The third-order valence-electron chi connectivity index (χ3n) is 4.46. The summed E-state index contributed by atoms with van der Waals surface area (Å²) in [4.78, 5) is 21.5. The number of hydrogen-bond acceptors (Lipinski definition) is 3. The molecular formula is C19H19N5O. The molecule has 1 N–H and O–H groups in total. The van der Waals surface area contributed by atoms with Gasteiger partial charge in [0.05, 0.1) is 23.3 Å². The average Bonchev–Trinajstić information content (AvgIpc) is 3.12. The second kappa shape index (κ2) is 5.73. The fourth-order valence-electron chi connectivity index (χ4n) is 2.96. The van der Waals surface area contributed by atoms with Gasteiger partial charge in [0.2, 0.25) is 0 Å². The lowest BCUT2D eigenvalue weighted by Crippen LogP contribution is -2.22. The lowest BCUT2D eigenvalue weighted by molar-refractivity contribution is 0.0950. The predicted molar refractivity (Wildman–Crippen MR) is 96.6 cm³/mol. The Morgan fingerprint density at radius 2 is 2.00 bits per heavy atom. The third-order valence-corrected chi connectivity index (χ3v) is 4.46. The van der Waals surface area contributed by atoms with Gasteiger partial charge in [-0.1, -0.05) is 0 Å². The van der Waals surface area contributed by atoms with Crippen LogP contribution in [0.4, 0.5) is 0 Å². The van der Waals surface area contributed by atoms with Crippen LogP contribution in [0.5, 0.6) is 0 Å². The highest BCUT2D eigenvalue weighted by Crippen LogP contribution is 2.16. The summed E-state index contributed by atoms with van der Waals surface area (Å²) in [5.74, 6) is 0.797. The van der Waals surface area contributed by atoms with E-state index in [9.17, 15) is 4.79 Å². The van der Waals surface area contributed by atoms with Gasteiger partial charge in [-0.3, -0.25) is 4.79 Å². The van der Waals surface area contributed by atoms with Crippen LogP contribution >= 0.6 is 0 Å². The van der Waals surface area contributed by atoms with Crippen molar-refractivity contribution in [3.05, 3.63) is 65.4 Å². The molecule has 0 saturated heterocycles. The van der Waals surface area contributed by atoms with Crippen LogP contribution in [0.25, 0.3) is 16.7 Å². The summed E-state index contributed by atoms with van der Waals surface area (Å²) in [5.41, 5.74) is 5.32. The Hall–Kier alpha value is -3.15. The van der Waals surface area contributed by atoms with Gasteiger partial charge in [0.25, 0.3) is 5.91 Å². The van der Waals surface area contributed by atoms with Crippen LogP contribution in [0.1, 0.15) is 27.4 Å². The molecule has 1 amide bonds. The molecule has 0 aliphatic carbocycles. The lowest BCUT2D eigenvalue weighted by atomic mass is 10.2. The first-order chi connectivity index (χ1) is 12.0. The minimum atomic E-state index is -0.126. The Balaban J connectivity index is 1.53. The molecule has 4 aromatic rings. The highest BCUT2D eigenvalue weighted by atomic mass is 16.1. The number of nitrogens with zero attached hydrogens (tertiary/aromatic N) is 4. The quantitative estimate of drug-likeness (QED) is 0.627. The van der Waals surface area contributed by atoms with Crippen LogP contribution in [0.15, 0.2) is 42.7 Å². The normalized spacial score (nSPS) is 11.3. The summed E-state index contributed by atoms with van der Waals surface area (Å²) in [7, 11) is 1.97. The van der Waals surface area contributed by atoms with E-state index in [1.807, 2.05) is 72.6 Å². The molecule has 3 aromatic heterocycles. The van der Waals surface area contributed by atoms with E-state index in [0.717, 1.165) is 33.8 Å². The number of aryl methyl sites for hydroxylation is 3. The van der Waals surface area contributed by atoms with Crippen molar-refractivity contribution in [2.24, 2.45) is 7.05 Å². The molecule has 126 valence electrons. The summed E-state index contributed by atoms with van der Waals surface area (Å²) in [5, 5.41) is 2.93. The maximum Gasteiger partial charge on any atom is 0.251 e. The second-order valence-electron chi connectivity index (χ2n) is 6.31. The largest absolute Gasteiger partial charge is 0.346 e. The topological polar surface area (TPSA) is 64.2 Å². The van der Waals surface area contributed by atoms with E-state index in [-0.39, 0.29) is 5.91 Å². The van der Waals surface area contributed by atoms with Crippen molar-refractivity contribution in [2.45, 2.75) is 20.4 Å². The minimum Gasteiger partial charge on any atom is -0.346 e. The molecule has 6 heteroatoms. The maximum atomic E-state index is 12.4. The van der Waals surface area contributed by atoms with Crippen molar-refractivity contribution >= 4 is 22.6 Å². The Kier molecular flexibility index (Phi) is 3.53. The number of aromatic nitrogens is 4. The molecule has 0 fully saturated rings. The minimum absolute atomic E-state index is 0.126. The summed E-state index contributed by atoms with van der Waals surface area (Å²) < 4.78 is 3.97. The standard InChI is InChI=1S/C19H19N5O/c1-12-6-7-24-11-15(22-18(24)8-12)10-20-19(25)14-4-5-17-16(9-14)21-13(2)23(17)3/h4-9,11H,10H2,1-3H3,(H,20,25). The molecule has 0 radical (unpaired) electrons. The second-order valence-corrected chi connectivity index (χ2v) is 6.31. The van der Waals surface area contributed by atoms with Gasteiger partial charge in [-0.15, -0.1) is 0 Å². The van der Waals surface area contributed by atoms with Crippen molar-refractivity contribution in [2.75, 3.05) is 0 Å². The zero-order chi connectivity index (χ0) is 17.6. The van der Waals surface area contributed by atoms with Crippen LogP contribution in [-0.2, 0) is 13.6 Å². The van der Waals surface area contributed by atoms with Crippen LogP contribution in [0, 0.1) is 13.8 Å². The summed E-state index contributed by atoms with van der Waals surface area (Å²) >= 11 is 0. The van der Waals surface area contributed by atoms with Crippen molar-refractivity contribution in [1.82, 2.24) is 24.3 Å². The van der Waals surface area contributed by atoms with E-state index in [2.05, 4.69) is 15.3 Å². The molecule has 25 heavy (non-hydrogen) atoms. The Morgan fingerprint density at radius 3 is 2.84 bits per heavy atom. The van der Waals surface area contributed by atoms with E-state index in [4.69, 9.17) is 0 Å². The molecular weight excluding hydrogens is 314 g/mol. The van der Waals surface area contributed by atoms with E-state index in [1.165, 1.54) is 0 Å². The molecule has 0 unspecified atom stereocenters. The molecule has 0 saturated carbocycles. The van der Waals surface area contributed by atoms with Crippen LogP contribution in [-0.4, -0.2) is 24.8 Å². The van der Waals surface area contributed by atoms with E-state index in [1.54, 1.807) is 0 Å². The highest BCUT2D eigenvalue weighted by Gasteiger charge is 2.11. The lowest BCUT2D eigenvalue weighted by Gasteiger charge is -2.03. The fraction of sp³-hybridized carbons (Fsp3) is 0.211. The predicted octanol–water partition coefficient (Wildman–Crippen LogP) is 2.77. The van der Waals surface area contributed by atoms with Gasteiger partial charge in [-0.25, -0.2) is 9.97 Å². The van der Waals surface area contributed by atoms with Crippen molar-refractivity contribution < 1.29 is 4.79 Å². The van der Waals surface area contributed by atoms with Crippen LogP contribution in [0.2, 0.25) is 0 Å². The Bertz CT molecular complexity index is 1110. The zero-order valence-electron chi connectivity index (χ0n) is 14.4. The molecule has 0 bridgehead atoms. The van der Waals surface area contributed by atoms with Crippen LogP contribution in [0.3, 0.4) is 0 Å². The molecule has 1 aromatic carbocycles. The SMILES string of the molecule is Cc1ccn2cc(CNC(=O)c3ccc4c(c3)nc(C)n4C)nc2c1. The van der Waals surface area contributed by atoms with Gasteiger partial charge in [-0.2, -0.15) is 0 Å². The van der Waals surface area contributed by atoms with Gasteiger partial charge in [-0.05, 0) is 49.7 Å². The number of hydrogen-bond donors (Lipinski definition) is 1. The van der Waals surface area contributed by atoms with E-state index in [0.29, 0.717) is 12.1 Å². The smallest absolute Gasteiger partial charge is 0.251 e. The number of nitrogens with one attached hydrogen (secondary N) is 1. The molecule has 0 aliphatic rings. The molecule has 6 nitrogen and oxygen atoms in total. The van der Waals surface area contributed by atoms with E-state index >= 15 is 0 Å².